The minimum Gasteiger partial charge on any atom is -0.854 e. The van der Waals surface area contributed by atoms with E-state index in [-0.39, 0.29) is 26.3 Å². The first-order valence-corrected chi connectivity index (χ1v) is 11.0. The monoisotopic (exact) mass is 437 g/mol. The molecule has 4 amide bonds. The van der Waals surface area contributed by atoms with Crippen molar-refractivity contribution in [3.8, 4) is 0 Å². The van der Waals surface area contributed by atoms with Crippen molar-refractivity contribution in [2.24, 2.45) is 0 Å². The largest absolute Gasteiger partial charge is 0.854 e. The molecule has 8 nitrogen and oxygen atoms in total. The van der Waals surface area contributed by atoms with Gasteiger partial charge in [-0.25, -0.2) is 0 Å². The van der Waals surface area contributed by atoms with E-state index in [0.717, 1.165) is 0 Å². The summed E-state index contributed by atoms with van der Waals surface area (Å²) in [7, 11) is 0. The van der Waals surface area contributed by atoms with Crippen LogP contribution < -0.4 is 5.11 Å². The lowest BCUT2D eigenvalue weighted by Gasteiger charge is -2.32. The molecule has 168 valence electrons. The van der Waals surface area contributed by atoms with Gasteiger partial charge in [0.2, 0.25) is 0 Å². The predicted octanol–water partition coefficient (Wildman–Crippen LogP) is 1.72. The second kappa shape index (κ2) is 9.18. The van der Waals surface area contributed by atoms with Crippen LogP contribution in [0.15, 0.2) is 24.3 Å². The number of aliphatic hydroxyl groups excluding tert-OH is 1. The fourth-order valence-corrected chi connectivity index (χ4v) is 4.49. The maximum atomic E-state index is 13.1. The highest BCUT2D eigenvalue weighted by Crippen LogP contribution is 2.37. The Hall–Kier alpha value is -3.10. The summed E-state index contributed by atoms with van der Waals surface area (Å²) in [6.07, 6.45) is 3.57. The van der Waals surface area contributed by atoms with Crippen molar-refractivity contribution in [2.45, 2.75) is 38.5 Å². The van der Waals surface area contributed by atoms with E-state index in [2.05, 4.69) is 0 Å². The molecule has 0 unspecified atom stereocenters. The van der Waals surface area contributed by atoms with Crippen molar-refractivity contribution in [1.29, 1.82) is 0 Å². The van der Waals surface area contributed by atoms with Crippen LogP contribution in [0.5, 0.6) is 0 Å². The topological polar surface area (TPSA) is 118 Å². The van der Waals surface area contributed by atoms with Gasteiger partial charge >= 0.3 is 0 Å². The average Bonchev–Trinajstić information content (AvgIpc) is 2.80. The molecular weight excluding hydrogens is 412 g/mol. The molecule has 0 aromatic heterocycles. The number of hydrogen-bond donors (Lipinski definition) is 1. The van der Waals surface area contributed by atoms with Gasteiger partial charge in [0.25, 0.3) is 23.6 Å². The molecule has 8 heteroatoms. The third-order valence-corrected chi connectivity index (χ3v) is 6.13. The van der Waals surface area contributed by atoms with Crippen molar-refractivity contribution in [2.75, 3.05) is 26.3 Å². The summed E-state index contributed by atoms with van der Waals surface area (Å²) in [5, 5.41) is 20.3. The van der Waals surface area contributed by atoms with Gasteiger partial charge in [0.05, 0.1) is 0 Å². The number of unbranched alkanes of at least 4 members (excludes halogenated alkanes) is 4. The average molecular weight is 437 g/mol. The molecule has 2 aliphatic rings. The minimum absolute atomic E-state index is 0.0628. The quantitative estimate of drug-likeness (QED) is 0.447. The Bertz CT molecular complexity index is 952. The van der Waals surface area contributed by atoms with Crippen LogP contribution in [-0.4, -0.2) is 64.8 Å². The van der Waals surface area contributed by atoms with Gasteiger partial charge in [-0.3, -0.25) is 29.0 Å². The van der Waals surface area contributed by atoms with Gasteiger partial charge in [0, 0.05) is 52.7 Å². The lowest BCUT2D eigenvalue weighted by atomic mass is 9.86. The second-order valence-corrected chi connectivity index (χ2v) is 8.14. The molecule has 2 aliphatic heterocycles. The first kappa shape index (κ1) is 22.1. The number of hydrogen-bond acceptors (Lipinski definition) is 6. The Kier molecular flexibility index (Phi) is 6.34. The highest BCUT2D eigenvalue weighted by Gasteiger charge is 2.39. The summed E-state index contributed by atoms with van der Waals surface area (Å²) in [5.41, 5.74) is 1.24. The molecule has 2 aromatic carbocycles. The number of rotatable bonds is 10. The Morgan fingerprint density at radius 2 is 0.969 bits per heavy atom. The zero-order valence-electron chi connectivity index (χ0n) is 17.8. The molecular formula is C24H25N2O6-. The highest BCUT2D eigenvalue weighted by atomic mass is 16.3. The minimum atomic E-state index is -0.445. The molecule has 0 fully saturated rings. The Balaban J connectivity index is 1.70. The van der Waals surface area contributed by atoms with Gasteiger partial charge in [-0.05, 0) is 49.9 Å². The lowest BCUT2D eigenvalue weighted by Crippen LogP contribution is -2.43. The van der Waals surface area contributed by atoms with Gasteiger partial charge in [0.15, 0.2) is 0 Å². The summed E-state index contributed by atoms with van der Waals surface area (Å²) in [6.45, 7) is 0.349. The van der Waals surface area contributed by atoms with Crippen molar-refractivity contribution >= 4 is 34.4 Å². The third kappa shape index (κ3) is 3.59. The zero-order valence-corrected chi connectivity index (χ0v) is 17.8. The van der Waals surface area contributed by atoms with Gasteiger partial charge < -0.3 is 10.2 Å². The number of carbonyl (C=O) groups is 4. The molecule has 0 saturated heterocycles. The normalized spacial score (nSPS) is 15.3. The predicted molar refractivity (Wildman–Crippen MR) is 114 cm³/mol. The van der Waals surface area contributed by atoms with Crippen LogP contribution in [0, 0.1) is 0 Å². The van der Waals surface area contributed by atoms with Gasteiger partial charge in [-0.2, -0.15) is 0 Å². The van der Waals surface area contributed by atoms with E-state index in [1.54, 1.807) is 24.3 Å². The van der Waals surface area contributed by atoms with Crippen molar-refractivity contribution < 1.29 is 29.4 Å². The van der Waals surface area contributed by atoms with Gasteiger partial charge in [-0.1, -0.05) is 12.8 Å². The lowest BCUT2D eigenvalue weighted by molar-refractivity contribution is -0.368. The van der Waals surface area contributed by atoms with E-state index in [1.807, 2.05) is 0 Å². The van der Waals surface area contributed by atoms with E-state index in [4.69, 9.17) is 5.11 Å². The van der Waals surface area contributed by atoms with Crippen molar-refractivity contribution in [3.05, 3.63) is 46.5 Å². The van der Waals surface area contributed by atoms with Crippen molar-refractivity contribution in [1.82, 2.24) is 9.80 Å². The van der Waals surface area contributed by atoms with E-state index < -0.39 is 23.6 Å². The number of amides is 4. The Morgan fingerprint density at radius 1 is 0.594 bits per heavy atom. The number of benzene rings is 2. The molecule has 1 N–H and O–H groups in total. The maximum Gasteiger partial charge on any atom is 0.261 e. The number of nitrogens with zero attached hydrogens (tertiary/aromatic N) is 2. The summed E-state index contributed by atoms with van der Waals surface area (Å²) < 4.78 is 0. The van der Waals surface area contributed by atoms with Crippen LogP contribution in [0.3, 0.4) is 0 Å². The zero-order chi connectivity index (χ0) is 22.8. The van der Waals surface area contributed by atoms with E-state index in [1.165, 1.54) is 9.80 Å². The van der Waals surface area contributed by atoms with Crippen LogP contribution in [0.25, 0.3) is 10.8 Å². The standard InChI is InChI=1S/C24H25N2O6/c27-13-5-1-3-11-25-21(29)15-7-9-17-20-18(10-8-16(19(15)20)22(25)30)24(32)26(23(17)31)12-4-2-6-14-28/h7-10,27H,1-6,11-14H2/q-1. The van der Waals surface area contributed by atoms with Crippen molar-refractivity contribution in [3.63, 3.8) is 0 Å². The number of carbonyl (C=O) groups excluding carboxylic acids is 4. The van der Waals surface area contributed by atoms with Crippen LogP contribution in [0.1, 0.15) is 80.0 Å². The van der Waals surface area contributed by atoms with Gasteiger partial charge in [-0.15, -0.1) is 6.61 Å². The molecule has 0 radical (unpaired) electrons. The first-order chi connectivity index (χ1) is 15.5. The smallest absolute Gasteiger partial charge is 0.261 e. The summed E-state index contributed by atoms with van der Waals surface area (Å²) in [4.78, 5) is 54.7. The fraction of sp³-hybridized carbons (Fsp3) is 0.417. The molecule has 0 spiro atoms. The molecule has 0 atom stereocenters. The molecule has 32 heavy (non-hydrogen) atoms. The van der Waals surface area contributed by atoms with Crippen LogP contribution >= 0.6 is 0 Å². The molecule has 2 aromatic rings. The Labute approximate surface area is 185 Å². The van der Waals surface area contributed by atoms with E-state index in [0.29, 0.717) is 71.6 Å². The summed E-state index contributed by atoms with van der Waals surface area (Å²) in [6, 6.07) is 6.23. The fourth-order valence-electron chi connectivity index (χ4n) is 4.49. The van der Waals surface area contributed by atoms with E-state index >= 15 is 0 Å². The van der Waals surface area contributed by atoms with Crippen LogP contribution in [0.2, 0.25) is 0 Å². The maximum absolute atomic E-state index is 13.1. The second-order valence-electron chi connectivity index (χ2n) is 8.14. The van der Waals surface area contributed by atoms with Crippen LogP contribution in [0.4, 0.5) is 0 Å². The van der Waals surface area contributed by atoms with Gasteiger partial charge in [0.1, 0.15) is 0 Å². The SMILES string of the molecule is O=C1c2ccc3c4c(ccc(c24)C(=O)N1CCCCC[O-])C(=O)N(CCCCCO)C3=O. The molecule has 0 saturated carbocycles. The molecule has 4 rings (SSSR count). The van der Waals surface area contributed by atoms with Crippen LogP contribution in [-0.2, 0) is 0 Å². The summed E-state index contributed by atoms with van der Waals surface area (Å²) >= 11 is 0. The molecule has 2 heterocycles. The highest BCUT2D eigenvalue weighted by molar-refractivity contribution is 6.33. The first-order valence-electron chi connectivity index (χ1n) is 11.0. The Morgan fingerprint density at radius 3 is 1.31 bits per heavy atom. The van der Waals surface area contributed by atoms with E-state index in [9.17, 15) is 24.3 Å². The number of imide groups is 2. The summed E-state index contributed by atoms with van der Waals surface area (Å²) in [5.74, 6) is -1.76. The molecule has 0 aliphatic carbocycles. The number of aliphatic hydroxyl groups is 1. The molecule has 0 bridgehead atoms. The third-order valence-electron chi connectivity index (χ3n) is 6.13.